The Balaban J connectivity index is 1.90. The lowest BCUT2D eigenvalue weighted by Gasteiger charge is -2.28. The molecule has 5 heteroatoms. The van der Waals surface area contributed by atoms with Crippen molar-refractivity contribution in [3.8, 4) is 0 Å². The van der Waals surface area contributed by atoms with E-state index < -0.39 is 5.60 Å². The molecule has 1 heterocycles. The number of nitrogens with zero attached hydrogens (tertiary/aromatic N) is 2. The topological polar surface area (TPSA) is 56.2 Å². The maximum absolute atomic E-state index is 11.7. The molecule has 1 N–H and O–H groups in total. The summed E-state index contributed by atoms with van der Waals surface area (Å²) in [6, 6.07) is 0.513. The second-order valence-electron chi connectivity index (χ2n) is 7.06. The average molecular weight is 293 g/mol. The maximum atomic E-state index is 11.7. The number of nitrogens with one attached hydrogen (secondary N) is 1. The second kappa shape index (κ2) is 6.50. The number of ether oxygens (including phenoxy) is 1. The Hall–Kier alpha value is -1.52. The van der Waals surface area contributed by atoms with E-state index in [4.69, 9.17) is 4.74 Å². The van der Waals surface area contributed by atoms with Gasteiger partial charge in [0.1, 0.15) is 5.60 Å². The lowest BCUT2D eigenvalue weighted by Crippen LogP contribution is -2.32. The minimum absolute atomic E-state index is 0.382. The van der Waals surface area contributed by atoms with Crippen molar-refractivity contribution in [1.82, 2.24) is 14.9 Å². The highest BCUT2D eigenvalue weighted by molar-refractivity contribution is 5.67. The molecule has 118 valence electrons. The first-order valence-corrected chi connectivity index (χ1v) is 7.82. The first-order chi connectivity index (χ1) is 9.85. The third-order valence-corrected chi connectivity index (χ3v) is 3.94. The summed E-state index contributed by atoms with van der Waals surface area (Å²) in [6.07, 6.45) is 8.24. The summed E-state index contributed by atoms with van der Waals surface area (Å²) >= 11 is 0. The van der Waals surface area contributed by atoms with Crippen LogP contribution in [-0.2, 0) is 11.3 Å². The Bertz CT molecular complexity index is 468. The van der Waals surface area contributed by atoms with Crippen molar-refractivity contribution in [3.63, 3.8) is 0 Å². The van der Waals surface area contributed by atoms with Crippen LogP contribution >= 0.6 is 0 Å². The Labute approximate surface area is 127 Å². The molecule has 1 saturated carbocycles. The highest BCUT2D eigenvalue weighted by Gasteiger charge is 2.22. The summed E-state index contributed by atoms with van der Waals surface area (Å²) in [5, 5.41) is 2.81. The number of alkyl carbamates (subject to hydrolysis) is 1. The normalized spacial score (nSPS) is 22.9. The smallest absolute Gasteiger partial charge is 0.407 e. The molecule has 1 aromatic rings. The van der Waals surface area contributed by atoms with Crippen LogP contribution in [0.2, 0.25) is 0 Å². The summed E-state index contributed by atoms with van der Waals surface area (Å²) in [5.74, 6) is 0.827. The lowest BCUT2D eigenvalue weighted by molar-refractivity contribution is 0.0522. The molecule has 0 saturated heterocycles. The molecule has 0 aromatic carbocycles. The third-order valence-electron chi connectivity index (χ3n) is 3.94. The van der Waals surface area contributed by atoms with Gasteiger partial charge in [-0.15, -0.1) is 0 Å². The third kappa shape index (κ3) is 4.76. The van der Waals surface area contributed by atoms with Gasteiger partial charge in [0.15, 0.2) is 0 Å². The fraction of sp³-hybridized carbons (Fsp3) is 0.750. The lowest BCUT2D eigenvalue weighted by atomic mass is 9.87. The van der Waals surface area contributed by atoms with Crippen LogP contribution in [0.15, 0.2) is 12.5 Å². The first kappa shape index (κ1) is 15.9. The molecule has 1 amide bonds. The summed E-state index contributed by atoms with van der Waals surface area (Å²) in [4.78, 5) is 16.0. The van der Waals surface area contributed by atoms with Crippen LogP contribution in [0, 0.1) is 5.92 Å². The van der Waals surface area contributed by atoms with Crippen LogP contribution in [0.4, 0.5) is 4.79 Å². The molecular formula is C16H27N3O2. The number of carbonyl (C=O) groups excluding carboxylic acids is 1. The minimum Gasteiger partial charge on any atom is -0.444 e. The van der Waals surface area contributed by atoms with Gasteiger partial charge in [0, 0.05) is 12.2 Å². The van der Waals surface area contributed by atoms with Gasteiger partial charge in [-0.1, -0.05) is 6.92 Å². The standard InChI is InChI=1S/C16H27N3O2/c1-12-5-7-13(8-6-12)19-11-17-9-14(19)10-18-15(20)21-16(2,3)4/h9,11-13H,5-8,10H2,1-4H3,(H,18,20). The minimum atomic E-state index is -0.468. The number of amides is 1. The molecule has 0 bridgehead atoms. The molecule has 1 aliphatic rings. The van der Waals surface area contributed by atoms with Crippen LogP contribution in [0.5, 0.6) is 0 Å². The van der Waals surface area contributed by atoms with Crippen molar-refractivity contribution < 1.29 is 9.53 Å². The summed E-state index contributed by atoms with van der Waals surface area (Å²) in [6.45, 7) is 8.36. The van der Waals surface area contributed by atoms with Gasteiger partial charge in [-0.05, 0) is 52.4 Å². The monoisotopic (exact) mass is 293 g/mol. The predicted octanol–water partition coefficient (Wildman–Crippen LogP) is 3.66. The molecule has 2 rings (SSSR count). The molecule has 5 nitrogen and oxygen atoms in total. The van der Waals surface area contributed by atoms with Gasteiger partial charge in [-0.3, -0.25) is 0 Å². The van der Waals surface area contributed by atoms with Crippen molar-refractivity contribution in [2.24, 2.45) is 5.92 Å². The highest BCUT2D eigenvalue weighted by atomic mass is 16.6. The molecule has 0 spiro atoms. The Morgan fingerprint density at radius 1 is 1.38 bits per heavy atom. The highest BCUT2D eigenvalue weighted by Crippen LogP contribution is 2.32. The van der Waals surface area contributed by atoms with E-state index in [0.29, 0.717) is 12.6 Å². The number of aromatic nitrogens is 2. The zero-order valence-electron chi connectivity index (χ0n) is 13.6. The van der Waals surface area contributed by atoms with E-state index in [2.05, 4.69) is 21.8 Å². The molecule has 1 fully saturated rings. The second-order valence-corrected chi connectivity index (χ2v) is 7.06. The molecule has 1 aromatic heterocycles. The van der Waals surface area contributed by atoms with Gasteiger partial charge < -0.3 is 14.6 Å². The average Bonchev–Trinajstić information content (AvgIpc) is 2.83. The van der Waals surface area contributed by atoms with E-state index in [9.17, 15) is 4.79 Å². The Morgan fingerprint density at radius 2 is 2.05 bits per heavy atom. The van der Waals surface area contributed by atoms with E-state index in [-0.39, 0.29) is 6.09 Å². The van der Waals surface area contributed by atoms with Gasteiger partial charge in [0.2, 0.25) is 0 Å². The van der Waals surface area contributed by atoms with Gasteiger partial charge in [-0.2, -0.15) is 0 Å². The van der Waals surface area contributed by atoms with Crippen LogP contribution < -0.4 is 5.32 Å². The van der Waals surface area contributed by atoms with Crippen molar-refractivity contribution >= 4 is 6.09 Å². The molecule has 0 radical (unpaired) electrons. The van der Waals surface area contributed by atoms with Crippen molar-refractivity contribution in [2.75, 3.05) is 0 Å². The van der Waals surface area contributed by atoms with Gasteiger partial charge in [-0.25, -0.2) is 9.78 Å². The van der Waals surface area contributed by atoms with E-state index in [1.807, 2.05) is 33.3 Å². The Morgan fingerprint density at radius 3 is 2.67 bits per heavy atom. The molecule has 0 unspecified atom stereocenters. The zero-order valence-corrected chi connectivity index (χ0v) is 13.6. The summed E-state index contributed by atoms with van der Waals surface area (Å²) < 4.78 is 7.47. The number of hydrogen-bond acceptors (Lipinski definition) is 3. The largest absolute Gasteiger partial charge is 0.444 e. The Kier molecular flexibility index (Phi) is 4.91. The number of imidazole rings is 1. The molecular weight excluding hydrogens is 266 g/mol. The van der Waals surface area contributed by atoms with Crippen molar-refractivity contribution in [3.05, 3.63) is 18.2 Å². The van der Waals surface area contributed by atoms with E-state index in [1.165, 1.54) is 25.7 Å². The van der Waals surface area contributed by atoms with Gasteiger partial charge >= 0.3 is 6.09 Å². The number of carbonyl (C=O) groups is 1. The summed E-state index contributed by atoms with van der Waals surface area (Å²) in [5.41, 5.74) is 0.574. The van der Waals surface area contributed by atoms with Gasteiger partial charge in [0.25, 0.3) is 0 Å². The SMILES string of the molecule is CC1CCC(n2cncc2CNC(=O)OC(C)(C)C)CC1. The zero-order chi connectivity index (χ0) is 15.5. The van der Waals surface area contributed by atoms with E-state index in [0.717, 1.165) is 11.6 Å². The van der Waals surface area contributed by atoms with E-state index >= 15 is 0 Å². The van der Waals surface area contributed by atoms with Crippen LogP contribution in [0.3, 0.4) is 0 Å². The molecule has 21 heavy (non-hydrogen) atoms. The van der Waals surface area contributed by atoms with E-state index in [1.54, 1.807) is 0 Å². The van der Waals surface area contributed by atoms with Crippen molar-refractivity contribution in [2.45, 2.75) is 71.6 Å². The quantitative estimate of drug-likeness (QED) is 0.925. The van der Waals surface area contributed by atoms with Crippen LogP contribution in [0.1, 0.15) is 65.1 Å². The van der Waals surface area contributed by atoms with Crippen LogP contribution in [-0.4, -0.2) is 21.2 Å². The predicted molar refractivity (Wildman–Crippen MR) is 82.0 cm³/mol. The van der Waals surface area contributed by atoms with Gasteiger partial charge in [0.05, 0.1) is 18.6 Å². The number of hydrogen-bond donors (Lipinski definition) is 1. The molecule has 1 aliphatic carbocycles. The summed E-state index contributed by atoms with van der Waals surface area (Å²) in [7, 11) is 0. The fourth-order valence-corrected chi connectivity index (χ4v) is 2.80. The van der Waals surface area contributed by atoms with Crippen LogP contribution in [0.25, 0.3) is 0 Å². The molecule has 0 aliphatic heterocycles. The van der Waals surface area contributed by atoms with Crippen molar-refractivity contribution in [1.29, 1.82) is 0 Å². The fourth-order valence-electron chi connectivity index (χ4n) is 2.80. The number of rotatable bonds is 3. The first-order valence-electron chi connectivity index (χ1n) is 7.82. The molecule has 0 atom stereocenters. The maximum Gasteiger partial charge on any atom is 0.407 e.